The molecule has 1 aromatic carbocycles. The van der Waals surface area contributed by atoms with Crippen LogP contribution >= 0.6 is 0 Å². The van der Waals surface area contributed by atoms with E-state index in [0.29, 0.717) is 6.04 Å². The van der Waals surface area contributed by atoms with Gasteiger partial charge >= 0.3 is 0 Å². The highest BCUT2D eigenvalue weighted by atomic mass is 16.5. The molecule has 1 N–H and O–H groups in total. The number of ether oxygens (including phenoxy) is 1. The predicted octanol–water partition coefficient (Wildman–Crippen LogP) is 2.09. The molecular weight excluding hydrogens is 248 g/mol. The first-order valence-corrected chi connectivity index (χ1v) is 7.90. The Morgan fingerprint density at radius 3 is 3.10 bits per heavy atom. The van der Waals surface area contributed by atoms with Crippen molar-refractivity contribution < 1.29 is 4.74 Å². The molecule has 2 unspecified atom stereocenters. The number of fused-ring (bicyclic) bond motifs is 1. The summed E-state index contributed by atoms with van der Waals surface area (Å²) >= 11 is 0. The molecule has 2 heterocycles. The molecule has 0 amide bonds. The number of nitrogens with one attached hydrogen (secondary N) is 1. The second kappa shape index (κ2) is 6.15. The normalized spacial score (nSPS) is 26.3. The third-order valence-electron chi connectivity index (χ3n) is 4.83. The summed E-state index contributed by atoms with van der Waals surface area (Å²) in [6.07, 6.45) is 3.51. The molecule has 2 atom stereocenters. The topological polar surface area (TPSA) is 24.5 Å². The van der Waals surface area contributed by atoms with Gasteiger partial charge in [-0.2, -0.15) is 0 Å². The van der Waals surface area contributed by atoms with Gasteiger partial charge in [-0.15, -0.1) is 0 Å². The monoisotopic (exact) mass is 274 g/mol. The molecule has 2 aliphatic rings. The number of likely N-dealkylation sites (tertiary alicyclic amines) is 1. The molecule has 2 aliphatic heterocycles. The van der Waals surface area contributed by atoms with Crippen molar-refractivity contribution in [3.05, 3.63) is 29.3 Å². The minimum atomic E-state index is 0.698. The third kappa shape index (κ3) is 2.99. The Hall–Kier alpha value is -1.06. The molecule has 1 fully saturated rings. The van der Waals surface area contributed by atoms with Gasteiger partial charge in [0, 0.05) is 25.6 Å². The first kappa shape index (κ1) is 13.9. The number of rotatable bonds is 4. The maximum Gasteiger partial charge on any atom is 0.122 e. The van der Waals surface area contributed by atoms with Crippen LogP contribution in [-0.4, -0.2) is 44.2 Å². The molecule has 0 radical (unpaired) electrons. The second-order valence-electron chi connectivity index (χ2n) is 6.25. The lowest BCUT2D eigenvalue weighted by Crippen LogP contribution is -2.47. The smallest absolute Gasteiger partial charge is 0.122 e. The van der Waals surface area contributed by atoms with Gasteiger partial charge in [0.2, 0.25) is 0 Å². The quantitative estimate of drug-likeness (QED) is 0.910. The highest BCUT2D eigenvalue weighted by Gasteiger charge is 2.24. The Morgan fingerprint density at radius 2 is 2.30 bits per heavy atom. The van der Waals surface area contributed by atoms with Gasteiger partial charge in [-0.25, -0.2) is 0 Å². The molecule has 0 bridgehead atoms. The van der Waals surface area contributed by atoms with Gasteiger partial charge < -0.3 is 15.0 Å². The van der Waals surface area contributed by atoms with E-state index in [9.17, 15) is 0 Å². The first-order valence-electron chi connectivity index (χ1n) is 7.90. The minimum Gasteiger partial charge on any atom is -0.493 e. The van der Waals surface area contributed by atoms with Crippen molar-refractivity contribution in [3.63, 3.8) is 0 Å². The molecule has 0 aromatic heterocycles. The van der Waals surface area contributed by atoms with Crippen molar-refractivity contribution in [2.45, 2.75) is 32.2 Å². The molecule has 3 rings (SSSR count). The standard InChI is InChI=1S/C17H26N2O/c1-13-12-19(9-6-16(13)18-2)8-5-14-3-4-17-15(11-14)7-10-20-17/h3-4,11,13,16,18H,5-10,12H2,1-2H3. The zero-order chi connectivity index (χ0) is 13.9. The van der Waals surface area contributed by atoms with E-state index >= 15 is 0 Å². The van der Waals surface area contributed by atoms with Crippen molar-refractivity contribution in [2.75, 3.05) is 33.3 Å². The Balaban J connectivity index is 1.52. The van der Waals surface area contributed by atoms with E-state index in [2.05, 4.69) is 42.4 Å². The summed E-state index contributed by atoms with van der Waals surface area (Å²) < 4.78 is 5.57. The fourth-order valence-electron chi connectivity index (χ4n) is 3.55. The molecule has 3 nitrogen and oxygen atoms in total. The molecule has 110 valence electrons. The van der Waals surface area contributed by atoms with Crippen molar-refractivity contribution in [1.29, 1.82) is 0 Å². The summed E-state index contributed by atoms with van der Waals surface area (Å²) in [5.74, 6) is 1.85. The summed E-state index contributed by atoms with van der Waals surface area (Å²) in [4.78, 5) is 2.61. The van der Waals surface area contributed by atoms with Crippen LogP contribution in [0, 0.1) is 5.92 Å². The Labute approximate surface area is 122 Å². The predicted molar refractivity (Wildman–Crippen MR) is 82.4 cm³/mol. The largest absolute Gasteiger partial charge is 0.493 e. The minimum absolute atomic E-state index is 0.698. The summed E-state index contributed by atoms with van der Waals surface area (Å²) in [6, 6.07) is 7.41. The van der Waals surface area contributed by atoms with Crippen LogP contribution < -0.4 is 10.1 Å². The third-order valence-corrected chi connectivity index (χ3v) is 4.83. The molecule has 0 spiro atoms. The van der Waals surface area contributed by atoms with Gasteiger partial charge in [0.05, 0.1) is 6.61 Å². The van der Waals surface area contributed by atoms with Crippen LogP contribution in [0.4, 0.5) is 0 Å². The summed E-state index contributed by atoms with van der Waals surface area (Å²) in [7, 11) is 2.09. The molecule has 20 heavy (non-hydrogen) atoms. The van der Waals surface area contributed by atoms with E-state index in [0.717, 1.165) is 31.1 Å². The summed E-state index contributed by atoms with van der Waals surface area (Å²) in [6.45, 7) is 6.85. The first-order chi connectivity index (χ1) is 9.76. The molecule has 1 aromatic rings. The van der Waals surface area contributed by atoms with Gasteiger partial charge in [0.25, 0.3) is 0 Å². The maximum atomic E-state index is 5.57. The molecular formula is C17H26N2O. The number of piperidine rings is 1. The Morgan fingerprint density at radius 1 is 1.40 bits per heavy atom. The van der Waals surface area contributed by atoms with Gasteiger partial charge in [0.1, 0.15) is 5.75 Å². The summed E-state index contributed by atoms with van der Waals surface area (Å²) in [5, 5.41) is 3.44. The van der Waals surface area contributed by atoms with Crippen molar-refractivity contribution in [3.8, 4) is 5.75 Å². The number of benzene rings is 1. The van der Waals surface area contributed by atoms with Crippen molar-refractivity contribution >= 4 is 0 Å². The number of nitrogens with zero attached hydrogens (tertiary/aromatic N) is 1. The number of hydrogen-bond donors (Lipinski definition) is 1. The summed E-state index contributed by atoms with van der Waals surface area (Å²) in [5.41, 5.74) is 2.85. The fraction of sp³-hybridized carbons (Fsp3) is 0.647. The van der Waals surface area contributed by atoms with E-state index in [4.69, 9.17) is 4.74 Å². The van der Waals surface area contributed by atoms with E-state index in [1.54, 1.807) is 0 Å². The van der Waals surface area contributed by atoms with Crippen LogP contribution in [0.3, 0.4) is 0 Å². The van der Waals surface area contributed by atoms with Crippen LogP contribution in [0.5, 0.6) is 5.75 Å². The molecule has 0 aliphatic carbocycles. The average Bonchev–Trinajstić information content (AvgIpc) is 2.92. The Kier molecular flexibility index (Phi) is 4.27. The maximum absolute atomic E-state index is 5.57. The van der Waals surface area contributed by atoms with Gasteiger partial charge in [0.15, 0.2) is 0 Å². The fourth-order valence-corrected chi connectivity index (χ4v) is 3.55. The highest BCUT2D eigenvalue weighted by molar-refractivity contribution is 5.39. The molecule has 0 saturated carbocycles. The van der Waals surface area contributed by atoms with Crippen molar-refractivity contribution in [2.24, 2.45) is 5.92 Å². The SMILES string of the molecule is CNC1CCN(CCc2ccc3c(c2)CCO3)CC1C. The van der Waals surface area contributed by atoms with Crippen LogP contribution in [-0.2, 0) is 12.8 Å². The lowest BCUT2D eigenvalue weighted by Gasteiger charge is -2.36. The lowest BCUT2D eigenvalue weighted by molar-refractivity contribution is 0.153. The molecule has 1 saturated heterocycles. The zero-order valence-electron chi connectivity index (χ0n) is 12.7. The van der Waals surface area contributed by atoms with Gasteiger partial charge in [-0.3, -0.25) is 0 Å². The van der Waals surface area contributed by atoms with Crippen LogP contribution in [0.25, 0.3) is 0 Å². The van der Waals surface area contributed by atoms with Crippen LogP contribution in [0.2, 0.25) is 0 Å². The lowest BCUT2D eigenvalue weighted by atomic mass is 9.93. The number of hydrogen-bond acceptors (Lipinski definition) is 3. The van der Waals surface area contributed by atoms with Gasteiger partial charge in [-0.05, 0) is 49.5 Å². The highest BCUT2D eigenvalue weighted by Crippen LogP contribution is 2.26. The van der Waals surface area contributed by atoms with Crippen LogP contribution in [0.15, 0.2) is 18.2 Å². The second-order valence-corrected chi connectivity index (χ2v) is 6.25. The van der Waals surface area contributed by atoms with Gasteiger partial charge in [-0.1, -0.05) is 19.1 Å². The van der Waals surface area contributed by atoms with E-state index in [1.807, 2.05) is 0 Å². The zero-order valence-corrected chi connectivity index (χ0v) is 12.7. The Bertz CT molecular complexity index is 460. The van der Waals surface area contributed by atoms with Crippen molar-refractivity contribution in [1.82, 2.24) is 10.2 Å². The average molecular weight is 274 g/mol. The van der Waals surface area contributed by atoms with E-state index in [-0.39, 0.29) is 0 Å². The van der Waals surface area contributed by atoms with Crippen LogP contribution in [0.1, 0.15) is 24.5 Å². The molecule has 3 heteroatoms. The van der Waals surface area contributed by atoms with E-state index < -0.39 is 0 Å². The van der Waals surface area contributed by atoms with E-state index in [1.165, 1.54) is 37.2 Å².